The summed E-state index contributed by atoms with van der Waals surface area (Å²) < 4.78 is 42.6. The van der Waals surface area contributed by atoms with Crippen LogP contribution in [0.15, 0.2) is 6.07 Å². The van der Waals surface area contributed by atoms with Crippen molar-refractivity contribution in [1.82, 2.24) is 9.97 Å². The highest BCUT2D eigenvalue weighted by molar-refractivity contribution is 5.30. The topological polar surface area (TPSA) is 73.1 Å². The molecule has 0 unspecified atom stereocenters. The summed E-state index contributed by atoms with van der Waals surface area (Å²) in [6, 6.07) is 0.767. The fraction of sp³-hybridized carbons (Fsp3) is 0.556. The second-order valence-corrected chi connectivity index (χ2v) is 3.81. The maximum atomic E-state index is 12.5. The molecule has 94 valence electrons. The van der Waals surface area contributed by atoms with Gasteiger partial charge >= 0.3 is 6.18 Å². The van der Waals surface area contributed by atoms with Crippen LogP contribution in [0.3, 0.4) is 0 Å². The van der Waals surface area contributed by atoms with Gasteiger partial charge in [-0.25, -0.2) is 10.8 Å². The molecule has 0 amide bonds. The molecule has 3 N–H and O–H groups in total. The summed E-state index contributed by atoms with van der Waals surface area (Å²) in [5.41, 5.74) is 0.903. The standard InChI is InChI=1S/C9H11F3N4O/c10-9(11,12)6-3-7(15-8(14-6)16-13)17-4-5-1-2-5/h3,5H,1-2,4,13H2,(H,14,15,16). The molecule has 1 aliphatic carbocycles. The number of aromatic nitrogens is 2. The van der Waals surface area contributed by atoms with E-state index in [2.05, 4.69) is 9.97 Å². The van der Waals surface area contributed by atoms with E-state index in [9.17, 15) is 13.2 Å². The smallest absolute Gasteiger partial charge is 0.433 e. The van der Waals surface area contributed by atoms with Crippen molar-refractivity contribution in [2.45, 2.75) is 19.0 Å². The molecule has 17 heavy (non-hydrogen) atoms. The number of nitrogens with zero attached hydrogens (tertiary/aromatic N) is 2. The molecule has 1 aromatic rings. The van der Waals surface area contributed by atoms with Crippen molar-refractivity contribution in [2.24, 2.45) is 11.8 Å². The number of anilines is 1. The minimum atomic E-state index is -4.55. The average Bonchev–Trinajstić information content (AvgIpc) is 3.08. The molecule has 0 spiro atoms. The van der Waals surface area contributed by atoms with Gasteiger partial charge in [0.2, 0.25) is 11.8 Å². The largest absolute Gasteiger partial charge is 0.477 e. The van der Waals surface area contributed by atoms with Gasteiger partial charge in [-0.05, 0) is 18.8 Å². The van der Waals surface area contributed by atoms with Gasteiger partial charge in [-0.2, -0.15) is 18.2 Å². The summed E-state index contributed by atoms with van der Waals surface area (Å²) in [5, 5.41) is 0. The summed E-state index contributed by atoms with van der Waals surface area (Å²) in [6.07, 6.45) is -2.47. The minimum Gasteiger partial charge on any atom is -0.477 e. The molecule has 1 aromatic heterocycles. The molecule has 0 atom stereocenters. The van der Waals surface area contributed by atoms with Crippen LogP contribution in [-0.4, -0.2) is 16.6 Å². The zero-order valence-electron chi connectivity index (χ0n) is 8.79. The third kappa shape index (κ3) is 3.19. The van der Waals surface area contributed by atoms with Crippen LogP contribution >= 0.6 is 0 Å². The Morgan fingerprint density at radius 1 is 1.41 bits per heavy atom. The molecule has 0 saturated heterocycles. The van der Waals surface area contributed by atoms with Crippen LogP contribution in [0.4, 0.5) is 19.1 Å². The molecule has 0 aromatic carbocycles. The highest BCUT2D eigenvalue weighted by Gasteiger charge is 2.34. The van der Waals surface area contributed by atoms with Crippen molar-refractivity contribution in [3.8, 4) is 5.88 Å². The lowest BCUT2D eigenvalue weighted by molar-refractivity contribution is -0.141. The molecule has 1 fully saturated rings. The number of nitrogens with one attached hydrogen (secondary N) is 1. The number of ether oxygens (including phenoxy) is 1. The summed E-state index contributed by atoms with van der Waals surface area (Å²) >= 11 is 0. The number of hydrogen-bond donors (Lipinski definition) is 2. The van der Waals surface area contributed by atoms with E-state index in [1.54, 1.807) is 0 Å². The maximum absolute atomic E-state index is 12.5. The Labute approximate surface area is 95.2 Å². The van der Waals surface area contributed by atoms with E-state index in [-0.39, 0.29) is 11.8 Å². The molecule has 0 radical (unpaired) electrons. The van der Waals surface area contributed by atoms with Crippen molar-refractivity contribution < 1.29 is 17.9 Å². The first-order valence-electron chi connectivity index (χ1n) is 5.04. The maximum Gasteiger partial charge on any atom is 0.433 e. The van der Waals surface area contributed by atoms with Crippen molar-refractivity contribution in [3.63, 3.8) is 0 Å². The number of alkyl halides is 3. The predicted octanol–water partition coefficient (Wildman–Crippen LogP) is 1.57. The summed E-state index contributed by atoms with van der Waals surface area (Å²) in [7, 11) is 0. The molecular weight excluding hydrogens is 237 g/mol. The Morgan fingerprint density at radius 2 is 2.12 bits per heavy atom. The van der Waals surface area contributed by atoms with E-state index in [1.807, 2.05) is 5.43 Å². The third-order valence-electron chi connectivity index (χ3n) is 2.29. The Balaban J connectivity index is 2.18. The SMILES string of the molecule is NNc1nc(OCC2CC2)cc(C(F)(F)F)n1. The molecule has 2 rings (SSSR count). The normalized spacial score (nSPS) is 15.8. The molecule has 1 aliphatic rings. The quantitative estimate of drug-likeness (QED) is 0.625. The number of nitrogens with two attached hydrogens (primary N) is 1. The first-order chi connectivity index (χ1) is 7.99. The number of hydrogen-bond acceptors (Lipinski definition) is 5. The molecular formula is C9H11F3N4O. The van der Waals surface area contributed by atoms with E-state index in [1.165, 1.54) is 0 Å². The molecule has 1 heterocycles. The van der Waals surface area contributed by atoms with Crippen LogP contribution in [0.1, 0.15) is 18.5 Å². The lowest BCUT2D eigenvalue weighted by Gasteiger charge is -2.10. The van der Waals surface area contributed by atoms with E-state index in [4.69, 9.17) is 10.6 Å². The van der Waals surface area contributed by atoms with Crippen molar-refractivity contribution in [2.75, 3.05) is 12.0 Å². The number of halogens is 3. The Kier molecular flexibility index (Phi) is 3.05. The van der Waals surface area contributed by atoms with E-state index >= 15 is 0 Å². The van der Waals surface area contributed by atoms with Gasteiger partial charge in [0, 0.05) is 6.07 Å². The highest BCUT2D eigenvalue weighted by atomic mass is 19.4. The zero-order valence-corrected chi connectivity index (χ0v) is 8.79. The van der Waals surface area contributed by atoms with Gasteiger partial charge in [-0.15, -0.1) is 0 Å². The second-order valence-electron chi connectivity index (χ2n) is 3.81. The minimum absolute atomic E-state index is 0.118. The predicted molar refractivity (Wildman–Crippen MR) is 53.1 cm³/mol. The van der Waals surface area contributed by atoms with Crippen molar-refractivity contribution >= 4 is 5.95 Å². The molecule has 8 heteroatoms. The highest BCUT2D eigenvalue weighted by Crippen LogP contribution is 2.32. The molecule has 5 nitrogen and oxygen atoms in total. The molecule has 0 bridgehead atoms. The van der Waals surface area contributed by atoms with Gasteiger partial charge in [0.05, 0.1) is 6.61 Å². The fourth-order valence-electron chi connectivity index (χ4n) is 1.20. The van der Waals surface area contributed by atoms with Gasteiger partial charge in [-0.3, -0.25) is 5.43 Å². The van der Waals surface area contributed by atoms with Gasteiger partial charge in [0.1, 0.15) is 0 Å². The number of hydrazine groups is 1. The first kappa shape index (κ1) is 11.9. The van der Waals surface area contributed by atoms with Gasteiger partial charge in [0.25, 0.3) is 0 Å². The van der Waals surface area contributed by atoms with Crippen LogP contribution in [0.2, 0.25) is 0 Å². The molecule has 1 saturated carbocycles. The lowest BCUT2D eigenvalue weighted by atomic mass is 10.4. The Morgan fingerprint density at radius 3 is 2.65 bits per heavy atom. The second kappa shape index (κ2) is 4.36. The first-order valence-corrected chi connectivity index (χ1v) is 5.04. The van der Waals surface area contributed by atoms with E-state index in [0.717, 1.165) is 18.9 Å². The van der Waals surface area contributed by atoms with Gasteiger partial charge in [0.15, 0.2) is 5.69 Å². The van der Waals surface area contributed by atoms with Crippen molar-refractivity contribution in [3.05, 3.63) is 11.8 Å². The monoisotopic (exact) mass is 248 g/mol. The van der Waals surface area contributed by atoms with Gasteiger partial charge < -0.3 is 4.74 Å². The summed E-state index contributed by atoms with van der Waals surface area (Å²) in [5.74, 6) is 4.99. The Hall–Kier alpha value is -1.57. The van der Waals surface area contributed by atoms with Gasteiger partial charge in [-0.1, -0.05) is 0 Å². The van der Waals surface area contributed by atoms with Crippen molar-refractivity contribution in [1.29, 1.82) is 0 Å². The van der Waals surface area contributed by atoms with Crippen LogP contribution in [-0.2, 0) is 6.18 Å². The van der Waals surface area contributed by atoms with Crippen LogP contribution < -0.4 is 16.0 Å². The zero-order chi connectivity index (χ0) is 12.5. The third-order valence-corrected chi connectivity index (χ3v) is 2.29. The van der Waals surface area contributed by atoms with E-state index < -0.39 is 11.9 Å². The summed E-state index contributed by atoms with van der Waals surface area (Å²) in [4.78, 5) is 6.91. The average molecular weight is 248 g/mol. The van der Waals surface area contributed by atoms with Crippen LogP contribution in [0, 0.1) is 5.92 Å². The number of rotatable bonds is 4. The molecule has 0 aliphatic heterocycles. The van der Waals surface area contributed by atoms with Crippen LogP contribution in [0.5, 0.6) is 5.88 Å². The van der Waals surface area contributed by atoms with E-state index in [0.29, 0.717) is 12.5 Å². The lowest BCUT2D eigenvalue weighted by Crippen LogP contribution is -2.16. The summed E-state index contributed by atoms with van der Waals surface area (Å²) in [6.45, 7) is 0.373. The number of nitrogen functional groups attached to an aromatic ring is 1. The van der Waals surface area contributed by atoms with Crippen LogP contribution in [0.25, 0.3) is 0 Å². The Bertz CT molecular complexity index is 406. The fourth-order valence-corrected chi connectivity index (χ4v) is 1.20.